The Morgan fingerprint density at radius 1 is 1.07 bits per heavy atom. The van der Waals surface area contributed by atoms with E-state index in [9.17, 15) is 19.5 Å². The molecule has 0 saturated heterocycles. The van der Waals surface area contributed by atoms with E-state index >= 15 is 0 Å². The highest BCUT2D eigenvalue weighted by Gasteiger charge is 2.20. The van der Waals surface area contributed by atoms with Crippen molar-refractivity contribution in [1.82, 2.24) is 20.3 Å². The van der Waals surface area contributed by atoms with Crippen molar-refractivity contribution in [3.63, 3.8) is 0 Å². The molecule has 1 atom stereocenters. The number of nitrogens with one attached hydrogen (secondary N) is 1. The standard InChI is InChI=1S/C20H20N4O4/c25-18(21-17(20(27)28)13-14-7-2-1-3-8-14)11-6-12-24-19(26)15-9-4-5-10-16(15)22-23-24/h1-5,7-10,17H,6,11-13H2,(H,21,25)(H,27,28). The topological polar surface area (TPSA) is 114 Å². The van der Waals surface area contributed by atoms with Gasteiger partial charge in [0.05, 0.1) is 5.39 Å². The highest BCUT2D eigenvalue weighted by atomic mass is 16.4. The molecule has 0 aliphatic heterocycles. The van der Waals surface area contributed by atoms with Crippen LogP contribution in [0.3, 0.4) is 0 Å². The fourth-order valence-electron chi connectivity index (χ4n) is 2.88. The van der Waals surface area contributed by atoms with E-state index < -0.39 is 12.0 Å². The van der Waals surface area contributed by atoms with E-state index in [1.54, 1.807) is 24.3 Å². The highest BCUT2D eigenvalue weighted by molar-refractivity contribution is 5.83. The fourth-order valence-corrected chi connectivity index (χ4v) is 2.88. The predicted molar refractivity (Wildman–Crippen MR) is 103 cm³/mol. The number of hydrogen-bond donors (Lipinski definition) is 2. The van der Waals surface area contributed by atoms with Crippen LogP contribution in [0.25, 0.3) is 10.9 Å². The van der Waals surface area contributed by atoms with Gasteiger partial charge in [0.25, 0.3) is 5.56 Å². The maximum Gasteiger partial charge on any atom is 0.326 e. The minimum atomic E-state index is -1.09. The first-order valence-electron chi connectivity index (χ1n) is 8.93. The van der Waals surface area contributed by atoms with Crippen molar-refractivity contribution < 1.29 is 14.7 Å². The molecular weight excluding hydrogens is 360 g/mol. The molecule has 1 heterocycles. The van der Waals surface area contributed by atoms with Gasteiger partial charge in [-0.15, -0.1) is 5.10 Å². The van der Waals surface area contributed by atoms with Crippen LogP contribution in [0.1, 0.15) is 18.4 Å². The first-order chi connectivity index (χ1) is 13.5. The fraction of sp³-hybridized carbons (Fsp3) is 0.250. The Morgan fingerprint density at radius 2 is 1.79 bits per heavy atom. The number of rotatable bonds is 8. The largest absolute Gasteiger partial charge is 0.480 e. The first-order valence-corrected chi connectivity index (χ1v) is 8.93. The maximum absolute atomic E-state index is 12.4. The Hall–Kier alpha value is -3.55. The number of carbonyl (C=O) groups is 2. The van der Waals surface area contributed by atoms with E-state index in [0.29, 0.717) is 17.3 Å². The molecule has 0 aliphatic rings. The van der Waals surface area contributed by atoms with Gasteiger partial charge in [-0.1, -0.05) is 47.7 Å². The average Bonchev–Trinajstić information content (AvgIpc) is 2.70. The van der Waals surface area contributed by atoms with Crippen LogP contribution in [0.5, 0.6) is 0 Å². The predicted octanol–water partition coefficient (Wildman–Crippen LogP) is 1.38. The number of aryl methyl sites for hydroxylation is 1. The Morgan fingerprint density at radius 3 is 2.54 bits per heavy atom. The monoisotopic (exact) mass is 380 g/mol. The summed E-state index contributed by atoms with van der Waals surface area (Å²) in [5.74, 6) is -1.47. The van der Waals surface area contributed by atoms with E-state index in [0.717, 1.165) is 5.56 Å². The van der Waals surface area contributed by atoms with E-state index in [2.05, 4.69) is 15.6 Å². The maximum atomic E-state index is 12.4. The molecule has 0 saturated carbocycles. The minimum absolute atomic E-state index is 0.0829. The molecule has 0 fully saturated rings. The molecule has 8 nitrogen and oxygen atoms in total. The summed E-state index contributed by atoms with van der Waals surface area (Å²) in [6.45, 7) is 0.223. The third kappa shape index (κ3) is 4.79. The Labute approximate surface area is 160 Å². The Kier molecular flexibility index (Phi) is 6.11. The van der Waals surface area contributed by atoms with Crippen molar-refractivity contribution in [3.05, 3.63) is 70.5 Å². The van der Waals surface area contributed by atoms with Gasteiger partial charge in [0.1, 0.15) is 11.6 Å². The normalized spacial score (nSPS) is 11.9. The number of carboxylic acid groups (broad SMARTS) is 1. The molecule has 2 N–H and O–H groups in total. The molecule has 1 aromatic heterocycles. The highest BCUT2D eigenvalue weighted by Crippen LogP contribution is 2.05. The molecule has 0 radical (unpaired) electrons. The van der Waals surface area contributed by atoms with Crippen molar-refractivity contribution in [2.45, 2.75) is 31.8 Å². The summed E-state index contributed by atoms with van der Waals surface area (Å²) in [6, 6.07) is 15.0. The summed E-state index contributed by atoms with van der Waals surface area (Å²) in [6.07, 6.45) is 0.632. The van der Waals surface area contributed by atoms with E-state index in [1.807, 2.05) is 30.3 Å². The zero-order chi connectivity index (χ0) is 19.9. The molecular formula is C20H20N4O4. The Bertz CT molecular complexity index is 1030. The summed E-state index contributed by atoms with van der Waals surface area (Å²) in [5, 5.41) is 20.2. The molecule has 3 rings (SSSR count). The number of nitrogens with zero attached hydrogens (tertiary/aromatic N) is 3. The molecule has 8 heteroatoms. The van der Waals surface area contributed by atoms with Crippen molar-refractivity contribution in [1.29, 1.82) is 0 Å². The van der Waals surface area contributed by atoms with Crippen LogP contribution < -0.4 is 10.9 Å². The van der Waals surface area contributed by atoms with Gasteiger partial charge in [0.15, 0.2) is 0 Å². The lowest BCUT2D eigenvalue weighted by Gasteiger charge is -2.14. The third-order valence-electron chi connectivity index (χ3n) is 4.32. The van der Waals surface area contributed by atoms with Gasteiger partial charge in [-0.25, -0.2) is 9.48 Å². The van der Waals surface area contributed by atoms with Crippen molar-refractivity contribution >= 4 is 22.8 Å². The number of hydrogen-bond acceptors (Lipinski definition) is 5. The zero-order valence-electron chi connectivity index (χ0n) is 15.1. The second kappa shape index (κ2) is 8.90. The summed E-state index contributed by atoms with van der Waals surface area (Å²) in [7, 11) is 0. The van der Waals surface area contributed by atoms with Gasteiger partial charge >= 0.3 is 5.97 Å². The van der Waals surface area contributed by atoms with Crippen molar-refractivity contribution in [2.24, 2.45) is 0 Å². The van der Waals surface area contributed by atoms with Crippen LogP contribution in [0, 0.1) is 0 Å². The molecule has 1 unspecified atom stereocenters. The van der Waals surface area contributed by atoms with Gasteiger partial charge in [0.2, 0.25) is 5.91 Å². The molecule has 0 aliphatic carbocycles. The molecule has 28 heavy (non-hydrogen) atoms. The van der Waals surface area contributed by atoms with Crippen molar-refractivity contribution in [2.75, 3.05) is 0 Å². The number of aromatic nitrogens is 3. The number of benzene rings is 2. The smallest absolute Gasteiger partial charge is 0.326 e. The van der Waals surface area contributed by atoms with Crippen LogP contribution in [-0.4, -0.2) is 38.0 Å². The van der Waals surface area contributed by atoms with Crippen LogP contribution in [0.2, 0.25) is 0 Å². The number of carboxylic acids is 1. The van der Waals surface area contributed by atoms with E-state index in [-0.39, 0.29) is 30.9 Å². The minimum Gasteiger partial charge on any atom is -0.480 e. The third-order valence-corrected chi connectivity index (χ3v) is 4.32. The lowest BCUT2D eigenvalue weighted by Crippen LogP contribution is -2.42. The molecule has 2 aromatic carbocycles. The second-order valence-corrected chi connectivity index (χ2v) is 6.39. The van der Waals surface area contributed by atoms with Crippen LogP contribution in [0.15, 0.2) is 59.4 Å². The lowest BCUT2D eigenvalue weighted by atomic mass is 10.1. The second-order valence-electron chi connectivity index (χ2n) is 6.39. The average molecular weight is 380 g/mol. The quantitative estimate of drug-likeness (QED) is 0.610. The van der Waals surface area contributed by atoms with E-state index in [4.69, 9.17) is 0 Å². The summed E-state index contributed by atoms with van der Waals surface area (Å²) in [5.41, 5.74) is 1.08. The molecule has 144 valence electrons. The van der Waals surface area contributed by atoms with Crippen LogP contribution >= 0.6 is 0 Å². The number of aliphatic carboxylic acids is 1. The SMILES string of the molecule is O=C(CCCn1nnc2ccccc2c1=O)NC(Cc1ccccc1)C(=O)O. The Balaban J connectivity index is 1.55. The van der Waals surface area contributed by atoms with Crippen molar-refractivity contribution in [3.8, 4) is 0 Å². The van der Waals surface area contributed by atoms with Gasteiger partial charge < -0.3 is 10.4 Å². The number of fused-ring (bicyclic) bond motifs is 1. The molecule has 3 aromatic rings. The molecule has 1 amide bonds. The summed E-state index contributed by atoms with van der Waals surface area (Å²) >= 11 is 0. The van der Waals surface area contributed by atoms with Crippen LogP contribution in [0.4, 0.5) is 0 Å². The number of carbonyl (C=O) groups excluding carboxylic acids is 1. The summed E-state index contributed by atoms with van der Waals surface area (Å²) in [4.78, 5) is 35.9. The van der Waals surface area contributed by atoms with Gasteiger partial charge in [0, 0.05) is 19.4 Å². The van der Waals surface area contributed by atoms with Gasteiger partial charge in [-0.05, 0) is 24.1 Å². The lowest BCUT2D eigenvalue weighted by molar-refractivity contribution is -0.141. The number of amides is 1. The molecule has 0 bridgehead atoms. The van der Waals surface area contributed by atoms with Crippen LogP contribution in [-0.2, 0) is 22.6 Å². The summed E-state index contributed by atoms with van der Waals surface area (Å²) < 4.78 is 1.22. The van der Waals surface area contributed by atoms with Gasteiger partial charge in [-0.2, -0.15) is 0 Å². The first kappa shape index (κ1) is 19.2. The van der Waals surface area contributed by atoms with E-state index in [1.165, 1.54) is 4.68 Å². The van der Waals surface area contributed by atoms with Gasteiger partial charge in [-0.3, -0.25) is 9.59 Å². The zero-order valence-corrected chi connectivity index (χ0v) is 15.1. The molecule has 0 spiro atoms.